The molecule has 0 saturated heterocycles. The van der Waals surface area contributed by atoms with E-state index in [4.69, 9.17) is 45.8 Å². The number of benzene rings is 1. The molecular formula is C28H39ClN5O7+. The molecule has 0 unspecified atom stereocenters. The highest BCUT2D eigenvalue weighted by molar-refractivity contribution is 6.30. The van der Waals surface area contributed by atoms with Gasteiger partial charge in [0.2, 0.25) is 5.96 Å². The van der Waals surface area contributed by atoms with E-state index in [1.807, 2.05) is 12.1 Å². The standard InChI is InChI=1S/C28H38ClN5O7/c1-36-16-17-37-18-19-38-20-21-40-28(35)41-23-33-13-10-25(11-14-33)32-27(31)34(22-30)12-4-2-3-5-15-39-26-8-6-24(29)7-9-26/h6-11,13-14,31H,2-5,12,15-21,23H2,1H3/p+1. The van der Waals surface area contributed by atoms with Gasteiger partial charge in [0.1, 0.15) is 12.4 Å². The molecule has 13 heteroatoms. The molecule has 0 radical (unpaired) electrons. The number of unbranched alkanes of at least 4 members (excludes halogenated alkanes) is 3. The monoisotopic (exact) mass is 592 g/mol. The number of hydrogen-bond donors (Lipinski definition) is 1. The summed E-state index contributed by atoms with van der Waals surface area (Å²) < 4.78 is 32.8. The number of carbonyl (C=O) groups excluding carboxylic acids is 1. The molecule has 41 heavy (non-hydrogen) atoms. The number of aliphatic imine (C=N–C) groups is 1. The molecule has 1 aromatic heterocycles. The average molecular weight is 593 g/mol. The fourth-order valence-electron chi connectivity index (χ4n) is 3.28. The zero-order valence-electron chi connectivity index (χ0n) is 23.4. The fourth-order valence-corrected chi connectivity index (χ4v) is 3.41. The van der Waals surface area contributed by atoms with E-state index in [9.17, 15) is 10.1 Å². The number of methoxy groups -OCH3 is 1. The van der Waals surface area contributed by atoms with Crippen LogP contribution in [-0.2, 0) is 30.4 Å². The van der Waals surface area contributed by atoms with E-state index in [2.05, 4.69) is 11.2 Å². The van der Waals surface area contributed by atoms with Crippen LogP contribution >= 0.6 is 11.6 Å². The predicted octanol–water partition coefficient (Wildman–Crippen LogP) is 3.79. The van der Waals surface area contributed by atoms with E-state index in [0.717, 1.165) is 31.4 Å². The van der Waals surface area contributed by atoms with Gasteiger partial charge in [-0.2, -0.15) is 9.83 Å². The largest absolute Gasteiger partial charge is 0.513 e. The minimum Gasteiger partial charge on any atom is -0.494 e. The van der Waals surface area contributed by atoms with Gasteiger partial charge in [0.15, 0.2) is 18.6 Å². The van der Waals surface area contributed by atoms with Gasteiger partial charge < -0.3 is 34.2 Å². The van der Waals surface area contributed by atoms with Crippen LogP contribution in [0.4, 0.5) is 10.5 Å². The highest BCUT2D eigenvalue weighted by Gasteiger charge is 2.10. The topological polar surface area (TPSA) is 142 Å². The zero-order chi connectivity index (χ0) is 29.5. The van der Waals surface area contributed by atoms with E-state index < -0.39 is 6.16 Å². The summed E-state index contributed by atoms with van der Waals surface area (Å²) in [5, 5.41) is 10.2. The van der Waals surface area contributed by atoms with Crippen LogP contribution in [0.25, 0.3) is 0 Å². The third kappa shape index (κ3) is 15.7. The molecule has 1 heterocycles. The van der Waals surface area contributed by atoms with Gasteiger partial charge in [-0.1, -0.05) is 24.4 Å². The Morgan fingerprint density at radius 2 is 1.59 bits per heavy atom. The fraction of sp³-hybridized carbons (Fsp3) is 0.500. The Labute approximate surface area is 246 Å². The highest BCUT2D eigenvalue weighted by atomic mass is 35.5. The van der Waals surface area contributed by atoms with Crippen molar-refractivity contribution in [2.45, 2.75) is 32.4 Å². The lowest BCUT2D eigenvalue weighted by Gasteiger charge is -2.14. The Bertz CT molecular complexity index is 1060. The van der Waals surface area contributed by atoms with Crippen molar-refractivity contribution in [3.63, 3.8) is 0 Å². The summed E-state index contributed by atoms with van der Waals surface area (Å²) in [4.78, 5) is 17.4. The first-order valence-electron chi connectivity index (χ1n) is 13.3. The van der Waals surface area contributed by atoms with Gasteiger partial charge in [0.25, 0.3) is 6.73 Å². The lowest BCUT2D eigenvalue weighted by molar-refractivity contribution is -0.727. The molecule has 0 saturated carbocycles. The number of nitrogens with zero attached hydrogens (tertiary/aromatic N) is 4. The molecule has 224 valence electrons. The minimum absolute atomic E-state index is 0.0401. The summed E-state index contributed by atoms with van der Waals surface area (Å²) in [5.41, 5.74) is 6.61. The van der Waals surface area contributed by atoms with Crippen molar-refractivity contribution in [3.8, 4) is 11.9 Å². The smallest absolute Gasteiger partial charge is 0.494 e. The van der Waals surface area contributed by atoms with E-state index in [1.165, 1.54) is 4.90 Å². The molecule has 0 aliphatic rings. The number of aromatic nitrogens is 1. The van der Waals surface area contributed by atoms with E-state index in [-0.39, 0.29) is 25.9 Å². The first-order chi connectivity index (χ1) is 20.0. The summed E-state index contributed by atoms with van der Waals surface area (Å²) in [5.74, 6) is 0.907. The molecule has 0 fully saturated rings. The van der Waals surface area contributed by atoms with Gasteiger partial charge in [0, 0.05) is 30.8 Å². The van der Waals surface area contributed by atoms with Crippen molar-refractivity contribution in [3.05, 3.63) is 53.8 Å². The third-order valence-corrected chi connectivity index (χ3v) is 5.71. The van der Waals surface area contributed by atoms with Gasteiger partial charge in [0.05, 0.1) is 45.3 Å². The number of guanidine groups is 1. The number of nitriles is 1. The van der Waals surface area contributed by atoms with Crippen molar-refractivity contribution in [1.29, 1.82) is 5.26 Å². The van der Waals surface area contributed by atoms with Crippen molar-refractivity contribution in [2.24, 2.45) is 10.7 Å². The number of rotatable bonds is 20. The number of nitrogens with two attached hydrogens (primary N) is 1. The van der Waals surface area contributed by atoms with Crippen LogP contribution in [0, 0.1) is 11.5 Å². The van der Waals surface area contributed by atoms with Gasteiger partial charge in [-0.3, -0.25) is 0 Å². The molecule has 0 atom stereocenters. The molecule has 2 rings (SSSR count). The van der Waals surface area contributed by atoms with E-state index in [1.54, 1.807) is 48.3 Å². The molecule has 1 aromatic carbocycles. The predicted molar refractivity (Wildman–Crippen MR) is 152 cm³/mol. The van der Waals surface area contributed by atoms with Crippen LogP contribution in [0.1, 0.15) is 25.7 Å². The minimum atomic E-state index is -0.803. The van der Waals surface area contributed by atoms with Crippen LogP contribution in [0.15, 0.2) is 53.8 Å². The van der Waals surface area contributed by atoms with Crippen LogP contribution in [0.3, 0.4) is 0 Å². The van der Waals surface area contributed by atoms with E-state index in [0.29, 0.717) is 50.3 Å². The molecule has 12 nitrogen and oxygen atoms in total. The maximum absolute atomic E-state index is 11.7. The van der Waals surface area contributed by atoms with Crippen LogP contribution < -0.4 is 15.0 Å². The lowest BCUT2D eigenvalue weighted by atomic mass is 10.2. The van der Waals surface area contributed by atoms with Crippen LogP contribution in [0.2, 0.25) is 5.02 Å². The number of pyridine rings is 1. The maximum atomic E-state index is 11.7. The number of halogens is 1. The molecule has 0 bridgehead atoms. The van der Waals surface area contributed by atoms with Crippen molar-refractivity contribution >= 4 is 29.4 Å². The zero-order valence-corrected chi connectivity index (χ0v) is 24.2. The Morgan fingerprint density at radius 1 is 0.927 bits per heavy atom. The summed E-state index contributed by atoms with van der Waals surface area (Å²) >= 11 is 5.87. The molecule has 0 aliphatic carbocycles. The lowest BCUT2D eigenvalue weighted by Crippen LogP contribution is -2.35. The Hall–Kier alpha value is -3.63. The molecule has 0 amide bonds. The second kappa shape index (κ2) is 21.2. The average Bonchev–Trinajstić information content (AvgIpc) is 2.98. The van der Waals surface area contributed by atoms with Gasteiger partial charge in [-0.05, 0) is 37.1 Å². The van der Waals surface area contributed by atoms with Crippen molar-refractivity contribution in [1.82, 2.24) is 4.90 Å². The molecule has 0 aliphatic heterocycles. The molecule has 2 aromatic rings. The van der Waals surface area contributed by atoms with Gasteiger partial charge in [-0.15, -0.1) is 0 Å². The molecule has 2 N–H and O–H groups in total. The third-order valence-electron chi connectivity index (χ3n) is 5.46. The number of carbonyl (C=O) groups is 1. The molecule has 0 spiro atoms. The summed E-state index contributed by atoms with van der Waals surface area (Å²) in [6.45, 7) is 3.23. The Morgan fingerprint density at radius 3 is 2.27 bits per heavy atom. The summed E-state index contributed by atoms with van der Waals surface area (Å²) in [7, 11) is 1.61. The Kier molecular flexibility index (Phi) is 17.3. The Balaban J connectivity index is 1.58. The first kappa shape index (κ1) is 33.6. The quantitative estimate of drug-likeness (QED) is 0.0459. The highest BCUT2D eigenvalue weighted by Crippen LogP contribution is 2.16. The maximum Gasteiger partial charge on any atom is 0.513 e. The van der Waals surface area contributed by atoms with Gasteiger partial charge >= 0.3 is 6.16 Å². The number of hydrogen-bond acceptors (Lipinski definition) is 9. The van der Waals surface area contributed by atoms with Crippen LogP contribution in [-0.4, -0.2) is 76.9 Å². The second-order valence-electron chi connectivity index (χ2n) is 8.60. The van der Waals surface area contributed by atoms with Crippen molar-refractivity contribution < 1.29 is 37.8 Å². The van der Waals surface area contributed by atoms with Gasteiger partial charge in [-0.25, -0.2) is 14.7 Å². The summed E-state index contributed by atoms with van der Waals surface area (Å²) in [6.07, 6.45) is 8.23. The normalized spacial score (nSPS) is 11.1. The SMILES string of the molecule is COCCOCCOCCOC(=O)OC[n+]1ccc(N=C(N)N(C#N)CCCCCCOc2ccc(Cl)cc2)cc1. The number of ether oxygens (including phenoxy) is 6. The van der Waals surface area contributed by atoms with Crippen LogP contribution in [0.5, 0.6) is 5.75 Å². The summed E-state index contributed by atoms with van der Waals surface area (Å²) in [6, 6.07) is 10.7. The van der Waals surface area contributed by atoms with Crippen molar-refractivity contribution in [2.75, 3.05) is 59.9 Å². The first-order valence-corrected chi connectivity index (χ1v) is 13.7. The second-order valence-corrected chi connectivity index (χ2v) is 9.03. The molecular weight excluding hydrogens is 554 g/mol. The van der Waals surface area contributed by atoms with E-state index >= 15 is 0 Å².